The third-order valence-electron chi connectivity index (χ3n) is 5.69. The summed E-state index contributed by atoms with van der Waals surface area (Å²) in [7, 11) is 0. The van der Waals surface area contributed by atoms with Crippen molar-refractivity contribution < 1.29 is 0 Å². The molecule has 1 aliphatic carbocycles. The number of thiophene rings is 1. The first kappa shape index (κ1) is 15.5. The second-order valence-corrected chi connectivity index (χ2v) is 7.92. The highest BCUT2D eigenvalue weighted by atomic mass is 32.1. The number of fused-ring (bicyclic) bond motifs is 1. The first-order chi connectivity index (χ1) is 10.2. The molecular formula is C18H30N2S. The summed E-state index contributed by atoms with van der Waals surface area (Å²) in [6.07, 6.45) is 9.56. The summed E-state index contributed by atoms with van der Waals surface area (Å²) in [5.74, 6) is 0.930. The van der Waals surface area contributed by atoms with Crippen LogP contribution in [0.4, 0.5) is 0 Å². The quantitative estimate of drug-likeness (QED) is 0.888. The monoisotopic (exact) mass is 306 g/mol. The second kappa shape index (κ2) is 6.80. The van der Waals surface area contributed by atoms with Gasteiger partial charge in [-0.1, -0.05) is 19.8 Å². The van der Waals surface area contributed by atoms with Gasteiger partial charge in [-0.05, 0) is 68.5 Å². The van der Waals surface area contributed by atoms with Crippen LogP contribution in [0.25, 0.3) is 0 Å². The fraction of sp³-hybridized carbons (Fsp3) is 0.778. The van der Waals surface area contributed by atoms with Crippen LogP contribution in [0.5, 0.6) is 0 Å². The zero-order valence-corrected chi connectivity index (χ0v) is 14.4. The lowest BCUT2D eigenvalue weighted by Crippen LogP contribution is -2.52. The van der Waals surface area contributed by atoms with Gasteiger partial charge in [0, 0.05) is 17.0 Å². The average molecular weight is 307 g/mol. The van der Waals surface area contributed by atoms with Crippen molar-refractivity contribution in [1.29, 1.82) is 0 Å². The van der Waals surface area contributed by atoms with E-state index in [9.17, 15) is 0 Å². The molecule has 2 heterocycles. The Morgan fingerprint density at radius 2 is 2.05 bits per heavy atom. The lowest BCUT2D eigenvalue weighted by Gasteiger charge is -2.49. The normalized spacial score (nSPS) is 29.9. The molecule has 1 aromatic heterocycles. The molecule has 1 saturated heterocycles. The van der Waals surface area contributed by atoms with Crippen LogP contribution in [0.2, 0.25) is 0 Å². The lowest BCUT2D eigenvalue weighted by atomic mass is 9.77. The highest BCUT2D eigenvalue weighted by molar-refractivity contribution is 7.10. The molecular weight excluding hydrogens is 276 g/mol. The van der Waals surface area contributed by atoms with Gasteiger partial charge in [0.25, 0.3) is 0 Å². The number of rotatable bonds is 4. The van der Waals surface area contributed by atoms with Crippen molar-refractivity contribution >= 4 is 11.3 Å². The molecule has 4 atom stereocenters. The van der Waals surface area contributed by atoms with E-state index in [-0.39, 0.29) is 6.04 Å². The Hall–Kier alpha value is -0.380. The third-order valence-corrected chi connectivity index (χ3v) is 6.78. The molecule has 1 saturated carbocycles. The molecule has 0 aromatic carbocycles. The van der Waals surface area contributed by atoms with Crippen LogP contribution in [0, 0.1) is 12.8 Å². The Labute approximate surface area is 133 Å². The molecule has 3 heteroatoms. The van der Waals surface area contributed by atoms with Crippen LogP contribution < -0.4 is 5.73 Å². The highest BCUT2D eigenvalue weighted by Crippen LogP contribution is 2.42. The molecule has 1 aromatic rings. The van der Waals surface area contributed by atoms with E-state index in [2.05, 4.69) is 30.2 Å². The molecule has 2 fully saturated rings. The molecule has 2 N–H and O–H groups in total. The van der Waals surface area contributed by atoms with Crippen LogP contribution in [0.15, 0.2) is 11.4 Å². The van der Waals surface area contributed by atoms with E-state index >= 15 is 0 Å². The standard InChI is InChI=1S/C18H30N2S/c1-3-15(19)17(18-13(2)10-12-21-18)20-11-6-8-14-7-4-5-9-16(14)20/h10,12,14-17H,3-9,11,19H2,1-2H3/t14-,15?,16-,17?/m1/s1. The second-order valence-electron chi connectivity index (χ2n) is 6.98. The maximum Gasteiger partial charge on any atom is 0.0598 e. The zero-order chi connectivity index (χ0) is 14.8. The van der Waals surface area contributed by atoms with Gasteiger partial charge in [-0.15, -0.1) is 11.3 Å². The largest absolute Gasteiger partial charge is 0.326 e. The van der Waals surface area contributed by atoms with E-state index in [0.717, 1.165) is 18.4 Å². The SMILES string of the molecule is CCC(N)C(c1sccc1C)N1CCC[C@H]2CCCC[C@H]21. The number of nitrogens with two attached hydrogens (primary N) is 1. The van der Waals surface area contributed by atoms with Gasteiger partial charge in [0.2, 0.25) is 0 Å². The number of likely N-dealkylation sites (tertiary alicyclic amines) is 1. The van der Waals surface area contributed by atoms with Crippen molar-refractivity contribution in [2.24, 2.45) is 11.7 Å². The Balaban J connectivity index is 1.90. The number of aryl methyl sites for hydroxylation is 1. The van der Waals surface area contributed by atoms with Crippen LogP contribution in [-0.2, 0) is 0 Å². The van der Waals surface area contributed by atoms with Gasteiger partial charge < -0.3 is 5.73 Å². The first-order valence-corrected chi connectivity index (χ1v) is 9.65. The summed E-state index contributed by atoms with van der Waals surface area (Å²) in [6, 6.07) is 3.76. The van der Waals surface area contributed by atoms with Gasteiger partial charge in [-0.3, -0.25) is 4.90 Å². The zero-order valence-electron chi connectivity index (χ0n) is 13.6. The van der Waals surface area contributed by atoms with Crippen molar-refractivity contribution in [1.82, 2.24) is 4.90 Å². The minimum absolute atomic E-state index is 0.267. The predicted octanol–water partition coefficient (Wildman–Crippen LogP) is 4.49. The van der Waals surface area contributed by atoms with Crippen LogP contribution in [0.3, 0.4) is 0 Å². The summed E-state index contributed by atoms with van der Waals surface area (Å²) in [6.45, 7) is 5.74. The number of hydrogen-bond donors (Lipinski definition) is 1. The Morgan fingerprint density at radius 3 is 2.76 bits per heavy atom. The minimum Gasteiger partial charge on any atom is -0.326 e. The van der Waals surface area contributed by atoms with Gasteiger partial charge in [-0.25, -0.2) is 0 Å². The van der Waals surface area contributed by atoms with Crippen molar-refractivity contribution in [2.45, 2.75) is 76.9 Å². The van der Waals surface area contributed by atoms with E-state index in [1.54, 1.807) is 0 Å². The average Bonchev–Trinajstić information content (AvgIpc) is 2.93. The van der Waals surface area contributed by atoms with Gasteiger partial charge in [0.15, 0.2) is 0 Å². The summed E-state index contributed by atoms with van der Waals surface area (Å²) in [4.78, 5) is 4.33. The van der Waals surface area contributed by atoms with Gasteiger partial charge >= 0.3 is 0 Å². The maximum atomic E-state index is 6.59. The number of piperidine rings is 1. The van der Waals surface area contributed by atoms with E-state index in [1.165, 1.54) is 55.5 Å². The van der Waals surface area contributed by atoms with E-state index in [4.69, 9.17) is 5.73 Å². The number of hydrogen-bond acceptors (Lipinski definition) is 3. The van der Waals surface area contributed by atoms with Crippen molar-refractivity contribution in [2.75, 3.05) is 6.54 Å². The van der Waals surface area contributed by atoms with Crippen LogP contribution >= 0.6 is 11.3 Å². The molecule has 2 aliphatic rings. The molecule has 118 valence electrons. The van der Waals surface area contributed by atoms with Crippen molar-refractivity contribution in [3.05, 3.63) is 21.9 Å². The Bertz CT molecular complexity index is 454. The smallest absolute Gasteiger partial charge is 0.0598 e. The van der Waals surface area contributed by atoms with Crippen LogP contribution in [-0.4, -0.2) is 23.5 Å². The molecule has 0 amide bonds. The Morgan fingerprint density at radius 1 is 1.29 bits per heavy atom. The first-order valence-electron chi connectivity index (χ1n) is 8.77. The van der Waals surface area contributed by atoms with Crippen molar-refractivity contribution in [3.8, 4) is 0 Å². The number of nitrogens with zero attached hydrogens (tertiary/aromatic N) is 1. The molecule has 0 spiro atoms. The van der Waals surface area contributed by atoms with E-state index < -0.39 is 0 Å². The summed E-state index contributed by atoms with van der Waals surface area (Å²) in [5.41, 5.74) is 8.03. The summed E-state index contributed by atoms with van der Waals surface area (Å²) >= 11 is 1.91. The lowest BCUT2D eigenvalue weighted by molar-refractivity contribution is 0.0165. The highest BCUT2D eigenvalue weighted by Gasteiger charge is 2.39. The van der Waals surface area contributed by atoms with E-state index in [1.807, 2.05) is 11.3 Å². The van der Waals surface area contributed by atoms with Crippen LogP contribution in [0.1, 0.15) is 68.4 Å². The molecule has 1 aliphatic heterocycles. The molecule has 0 bridgehead atoms. The van der Waals surface area contributed by atoms with Gasteiger partial charge in [-0.2, -0.15) is 0 Å². The fourth-order valence-electron chi connectivity index (χ4n) is 4.51. The maximum absolute atomic E-state index is 6.59. The molecule has 2 nitrogen and oxygen atoms in total. The summed E-state index contributed by atoms with van der Waals surface area (Å²) in [5, 5.41) is 2.24. The summed E-state index contributed by atoms with van der Waals surface area (Å²) < 4.78 is 0. The third kappa shape index (κ3) is 3.06. The Kier molecular flexibility index (Phi) is 5.03. The van der Waals surface area contributed by atoms with E-state index in [0.29, 0.717) is 6.04 Å². The van der Waals surface area contributed by atoms with Crippen molar-refractivity contribution in [3.63, 3.8) is 0 Å². The molecule has 21 heavy (non-hydrogen) atoms. The van der Waals surface area contributed by atoms with Gasteiger partial charge in [0.1, 0.15) is 0 Å². The molecule has 3 rings (SSSR count). The van der Waals surface area contributed by atoms with Gasteiger partial charge in [0.05, 0.1) is 6.04 Å². The topological polar surface area (TPSA) is 29.3 Å². The fourth-order valence-corrected chi connectivity index (χ4v) is 5.63. The molecule has 2 unspecified atom stereocenters. The minimum atomic E-state index is 0.267. The predicted molar refractivity (Wildman–Crippen MR) is 91.7 cm³/mol. The molecule has 0 radical (unpaired) electrons.